The zero-order valence-corrected chi connectivity index (χ0v) is 8.60. The van der Waals surface area contributed by atoms with Crippen LogP contribution in [0, 0.1) is 0 Å². The first-order valence-electron chi connectivity index (χ1n) is 4.98. The van der Waals surface area contributed by atoms with E-state index < -0.39 is 5.97 Å². The van der Waals surface area contributed by atoms with Gasteiger partial charge in [0.1, 0.15) is 0 Å². The highest BCUT2D eigenvalue weighted by atomic mass is 16.4. The summed E-state index contributed by atoms with van der Waals surface area (Å²) in [5.41, 5.74) is 2.21. The second kappa shape index (κ2) is 3.81. The fraction of sp³-hybridized carbons (Fsp3) is 0.364. The fourth-order valence-electron chi connectivity index (χ4n) is 1.87. The average Bonchev–Trinajstić information content (AvgIpc) is 2.54. The van der Waals surface area contributed by atoms with Crippen molar-refractivity contribution in [1.29, 1.82) is 0 Å². The van der Waals surface area contributed by atoms with E-state index >= 15 is 0 Å². The molecular formula is C11H14N2O2. The van der Waals surface area contributed by atoms with Gasteiger partial charge in [-0.05, 0) is 18.6 Å². The van der Waals surface area contributed by atoms with Crippen molar-refractivity contribution in [3.8, 4) is 0 Å². The lowest BCUT2D eigenvalue weighted by molar-refractivity contribution is -0.137. The number of carboxylic acids is 1. The van der Waals surface area contributed by atoms with Gasteiger partial charge < -0.3 is 15.3 Å². The predicted octanol–water partition coefficient (Wildman–Crippen LogP) is 1.74. The largest absolute Gasteiger partial charge is 0.481 e. The number of para-hydroxylation sites is 2. The summed E-state index contributed by atoms with van der Waals surface area (Å²) < 4.78 is 0. The van der Waals surface area contributed by atoms with Crippen LogP contribution in [0.25, 0.3) is 0 Å². The minimum Gasteiger partial charge on any atom is -0.481 e. The first-order valence-corrected chi connectivity index (χ1v) is 4.98. The Hall–Kier alpha value is -1.71. The Morgan fingerprint density at radius 1 is 1.53 bits per heavy atom. The number of aliphatic carboxylic acids is 1. The maximum atomic E-state index is 10.5. The van der Waals surface area contributed by atoms with E-state index in [-0.39, 0.29) is 12.6 Å². The number of nitrogens with zero attached hydrogens (tertiary/aromatic N) is 1. The molecule has 1 unspecified atom stereocenters. The lowest BCUT2D eigenvalue weighted by Gasteiger charge is -2.21. The Morgan fingerprint density at radius 3 is 2.93 bits per heavy atom. The highest BCUT2D eigenvalue weighted by Gasteiger charge is 2.24. The smallest absolute Gasteiger partial charge is 0.303 e. The number of carbonyl (C=O) groups is 1. The number of hydrogen-bond donors (Lipinski definition) is 2. The fourth-order valence-corrected chi connectivity index (χ4v) is 1.87. The van der Waals surface area contributed by atoms with Crippen LogP contribution in [0.3, 0.4) is 0 Å². The highest BCUT2D eigenvalue weighted by molar-refractivity contribution is 5.76. The Bertz CT molecular complexity index is 379. The van der Waals surface area contributed by atoms with Gasteiger partial charge in [0.2, 0.25) is 0 Å². The van der Waals surface area contributed by atoms with Crippen LogP contribution in [0.5, 0.6) is 0 Å². The summed E-state index contributed by atoms with van der Waals surface area (Å²) in [6, 6.07) is 7.99. The predicted molar refractivity (Wildman–Crippen MR) is 59.1 cm³/mol. The van der Waals surface area contributed by atoms with Gasteiger partial charge in [-0.2, -0.15) is 0 Å². The van der Waals surface area contributed by atoms with Gasteiger partial charge in [-0.1, -0.05) is 12.1 Å². The van der Waals surface area contributed by atoms with Crippen LogP contribution in [-0.2, 0) is 4.79 Å². The summed E-state index contributed by atoms with van der Waals surface area (Å²) in [5.74, 6) is -0.749. The molecule has 4 heteroatoms. The van der Waals surface area contributed by atoms with E-state index in [0.717, 1.165) is 11.4 Å². The van der Waals surface area contributed by atoms with Crippen molar-refractivity contribution in [2.45, 2.75) is 19.0 Å². The van der Waals surface area contributed by atoms with Gasteiger partial charge in [-0.25, -0.2) is 0 Å². The monoisotopic (exact) mass is 206 g/mol. The summed E-state index contributed by atoms with van der Waals surface area (Å²) in [6.45, 7) is 0. The van der Waals surface area contributed by atoms with Gasteiger partial charge >= 0.3 is 5.97 Å². The topological polar surface area (TPSA) is 52.6 Å². The molecular weight excluding hydrogens is 192 g/mol. The Balaban J connectivity index is 2.06. The second-order valence-corrected chi connectivity index (χ2v) is 3.72. The number of benzene rings is 1. The molecule has 0 aliphatic carbocycles. The van der Waals surface area contributed by atoms with E-state index in [1.165, 1.54) is 0 Å². The van der Waals surface area contributed by atoms with Crippen LogP contribution >= 0.6 is 0 Å². The molecule has 0 saturated heterocycles. The number of rotatable bonds is 3. The molecule has 0 aromatic heterocycles. The maximum absolute atomic E-state index is 10.5. The summed E-state index contributed by atoms with van der Waals surface area (Å²) in [7, 11) is 1.98. The van der Waals surface area contributed by atoms with Crippen molar-refractivity contribution in [3.63, 3.8) is 0 Å². The van der Waals surface area contributed by atoms with Crippen molar-refractivity contribution in [2.75, 3.05) is 17.3 Å². The average molecular weight is 206 g/mol. The quantitative estimate of drug-likeness (QED) is 0.791. The van der Waals surface area contributed by atoms with Crippen LogP contribution in [0.4, 0.5) is 11.4 Å². The third kappa shape index (κ3) is 1.88. The van der Waals surface area contributed by atoms with Gasteiger partial charge in [-0.3, -0.25) is 4.79 Å². The summed E-state index contributed by atoms with van der Waals surface area (Å²) in [5, 5.41) is 11.9. The van der Waals surface area contributed by atoms with Gasteiger partial charge in [0.05, 0.1) is 17.5 Å². The minimum absolute atomic E-state index is 0.0958. The molecule has 1 atom stereocenters. The molecule has 80 valence electrons. The van der Waals surface area contributed by atoms with Gasteiger partial charge in [0.15, 0.2) is 0 Å². The molecule has 2 N–H and O–H groups in total. The van der Waals surface area contributed by atoms with Crippen molar-refractivity contribution in [1.82, 2.24) is 0 Å². The molecule has 1 heterocycles. The van der Waals surface area contributed by atoms with Gasteiger partial charge in [0, 0.05) is 13.5 Å². The Kier molecular flexibility index (Phi) is 2.49. The van der Waals surface area contributed by atoms with E-state index in [4.69, 9.17) is 5.11 Å². The van der Waals surface area contributed by atoms with Crippen molar-refractivity contribution in [3.05, 3.63) is 24.3 Å². The molecule has 0 fully saturated rings. The third-order valence-corrected chi connectivity index (χ3v) is 2.71. The number of nitrogens with one attached hydrogen (secondary N) is 1. The van der Waals surface area contributed by atoms with Crippen LogP contribution in [-0.4, -0.2) is 24.3 Å². The normalized spacial score (nSPS) is 18.5. The van der Waals surface area contributed by atoms with Gasteiger partial charge in [0.25, 0.3) is 0 Å². The van der Waals surface area contributed by atoms with E-state index in [0.29, 0.717) is 6.42 Å². The summed E-state index contributed by atoms with van der Waals surface area (Å²) in [4.78, 5) is 12.6. The molecule has 4 nitrogen and oxygen atoms in total. The lowest BCUT2D eigenvalue weighted by atomic mass is 10.2. The molecule has 1 aliphatic rings. The lowest BCUT2D eigenvalue weighted by Crippen LogP contribution is -2.32. The van der Waals surface area contributed by atoms with Crippen molar-refractivity contribution < 1.29 is 9.90 Å². The number of anilines is 2. The summed E-state index contributed by atoms with van der Waals surface area (Å²) in [6.07, 6.45) is 0.898. The van der Waals surface area contributed by atoms with E-state index in [1.54, 1.807) is 0 Å². The molecule has 0 amide bonds. The highest BCUT2D eigenvalue weighted by Crippen LogP contribution is 2.33. The van der Waals surface area contributed by atoms with Crippen LogP contribution in [0.1, 0.15) is 12.8 Å². The molecule has 0 bridgehead atoms. The van der Waals surface area contributed by atoms with Crippen LogP contribution in [0.15, 0.2) is 24.3 Å². The zero-order chi connectivity index (χ0) is 10.8. The number of fused-ring (bicyclic) bond motifs is 1. The van der Waals surface area contributed by atoms with Crippen LogP contribution < -0.4 is 10.2 Å². The van der Waals surface area contributed by atoms with E-state index in [1.807, 2.05) is 31.3 Å². The SMILES string of the molecule is CN1c2ccccc2NC1CCC(=O)O. The molecule has 0 spiro atoms. The van der Waals surface area contributed by atoms with E-state index in [2.05, 4.69) is 10.2 Å². The number of carboxylic acid groups (broad SMARTS) is 1. The van der Waals surface area contributed by atoms with Crippen LogP contribution in [0.2, 0.25) is 0 Å². The summed E-state index contributed by atoms with van der Waals surface area (Å²) >= 11 is 0. The third-order valence-electron chi connectivity index (χ3n) is 2.71. The standard InChI is InChI=1S/C11H14N2O2/c1-13-9-5-3-2-4-8(9)12-10(13)6-7-11(14)15/h2-5,10,12H,6-7H2,1H3,(H,14,15). The molecule has 15 heavy (non-hydrogen) atoms. The minimum atomic E-state index is -0.749. The van der Waals surface area contributed by atoms with Crippen molar-refractivity contribution >= 4 is 17.3 Å². The molecule has 2 rings (SSSR count). The first kappa shape index (κ1) is 9.83. The second-order valence-electron chi connectivity index (χ2n) is 3.72. The van der Waals surface area contributed by atoms with Crippen molar-refractivity contribution in [2.24, 2.45) is 0 Å². The molecule has 1 aromatic carbocycles. The molecule has 0 saturated carbocycles. The Labute approximate surface area is 88.5 Å². The molecule has 0 radical (unpaired) electrons. The molecule has 1 aliphatic heterocycles. The number of hydrogen-bond acceptors (Lipinski definition) is 3. The molecule has 1 aromatic rings. The first-order chi connectivity index (χ1) is 7.18. The zero-order valence-electron chi connectivity index (χ0n) is 8.60. The maximum Gasteiger partial charge on any atom is 0.303 e. The van der Waals surface area contributed by atoms with Gasteiger partial charge in [-0.15, -0.1) is 0 Å². The Morgan fingerprint density at radius 2 is 2.27 bits per heavy atom. The van der Waals surface area contributed by atoms with E-state index in [9.17, 15) is 4.79 Å².